The van der Waals surface area contributed by atoms with E-state index in [9.17, 15) is 0 Å². The van der Waals surface area contributed by atoms with Gasteiger partial charge in [-0.2, -0.15) is 5.10 Å². The first-order valence-corrected chi connectivity index (χ1v) is 6.30. The second-order valence-electron chi connectivity index (χ2n) is 3.99. The second kappa shape index (κ2) is 6.80. The first-order chi connectivity index (χ1) is 9.33. The Hall–Kier alpha value is -2.01. The van der Waals surface area contributed by atoms with Crippen LogP contribution in [0, 0.1) is 0 Å². The van der Waals surface area contributed by atoms with Gasteiger partial charge in [0.2, 0.25) is 0 Å². The summed E-state index contributed by atoms with van der Waals surface area (Å²) in [5, 5.41) is 13.2. The fourth-order valence-corrected chi connectivity index (χ4v) is 1.72. The summed E-state index contributed by atoms with van der Waals surface area (Å²) in [5.74, 6) is 1.35. The summed E-state index contributed by atoms with van der Waals surface area (Å²) in [5.41, 5.74) is 0.808. The number of nitrogens with zero attached hydrogens (tertiary/aromatic N) is 2. The van der Waals surface area contributed by atoms with E-state index in [0.29, 0.717) is 31.3 Å². The minimum absolute atomic E-state index is 0.00631. The third-order valence-electron chi connectivity index (χ3n) is 2.63. The van der Waals surface area contributed by atoms with Crippen LogP contribution in [0.4, 0.5) is 0 Å². The maximum atomic E-state index is 9.11. The first-order valence-electron chi connectivity index (χ1n) is 6.30. The smallest absolute Gasteiger partial charge is 0.161 e. The van der Waals surface area contributed by atoms with E-state index in [-0.39, 0.29) is 6.61 Å². The number of aromatic nitrogens is 2. The Morgan fingerprint density at radius 1 is 1.26 bits per heavy atom. The molecule has 0 saturated heterocycles. The highest BCUT2D eigenvalue weighted by molar-refractivity contribution is 5.42. The van der Waals surface area contributed by atoms with E-state index in [0.717, 1.165) is 5.56 Å². The zero-order valence-electron chi connectivity index (χ0n) is 11.0. The van der Waals surface area contributed by atoms with Crippen molar-refractivity contribution in [1.29, 1.82) is 0 Å². The Bertz CT molecular complexity index is 497. The molecule has 0 saturated carbocycles. The van der Waals surface area contributed by atoms with Gasteiger partial charge in [-0.1, -0.05) is 6.07 Å². The summed E-state index contributed by atoms with van der Waals surface area (Å²) in [6.07, 6.45) is 3.63. The van der Waals surface area contributed by atoms with Gasteiger partial charge in [0.15, 0.2) is 11.5 Å². The van der Waals surface area contributed by atoms with Crippen LogP contribution >= 0.6 is 0 Å². The summed E-state index contributed by atoms with van der Waals surface area (Å²) < 4.78 is 13.0. The van der Waals surface area contributed by atoms with Crippen LogP contribution in [0.1, 0.15) is 12.5 Å². The van der Waals surface area contributed by atoms with Gasteiger partial charge in [0.25, 0.3) is 0 Å². The van der Waals surface area contributed by atoms with Gasteiger partial charge >= 0.3 is 0 Å². The lowest BCUT2D eigenvalue weighted by Gasteiger charge is -2.13. The molecule has 0 atom stereocenters. The van der Waals surface area contributed by atoms with Gasteiger partial charge < -0.3 is 14.6 Å². The lowest BCUT2D eigenvalue weighted by molar-refractivity contribution is 0.259. The quantitative estimate of drug-likeness (QED) is 0.827. The molecule has 1 aromatic carbocycles. The molecule has 0 aliphatic heterocycles. The molecule has 19 heavy (non-hydrogen) atoms. The molecule has 0 spiro atoms. The summed E-state index contributed by atoms with van der Waals surface area (Å²) in [7, 11) is 0. The largest absolute Gasteiger partial charge is 0.490 e. The van der Waals surface area contributed by atoms with Gasteiger partial charge in [0.05, 0.1) is 19.8 Å². The number of aliphatic hydroxyl groups is 1. The van der Waals surface area contributed by atoms with Gasteiger partial charge in [0, 0.05) is 12.4 Å². The molecule has 0 unspecified atom stereocenters. The molecule has 1 N–H and O–H groups in total. The molecule has 1 aromatic heterocycles. The minimum Gasteiger partial charge on any atom is -0.490 e. The van der Waals surface area contributed by atoms with Crippen LogP contribution in [0.5, 0.6) is 11.5 Å². The van der Waals surface area contributed by atoms with Gasteiger partial charge in [-0.25, -0.2) is 0 Å². The standard InChI is InChI=1S/C14H18N2O3/c1-2-18-14-10-12(11-17)4-5-13(14)19-9-8-16-7-3-6-15-16/h3-7,10,17H,2,8-9,11H2,1H3. The highest BCUT2D eigenvalue weighted by Crippen LogP contribution is 2.28. The molecular weight excluding hydrogens is 244 g/mol. The highest BCUT2D eigenvalue weighted by Gasteiger charge is 2.06. The summed E-state index contributed by atoms with van der Waals surface area (Å²) in [6.45, 7) is 3.66. The van der Waals surface area contributed by atoms with Crippen molar-refractivity contribution in [2.45, 2.75) is 20.1 Å². The topological polar surface area (TPSA) is 56.5 Å². The van der Waals surface area contributed by atoms with Gasteiger partial charge in [0.1, 0.15) is 6.61 Å². The third-order valence-corrected chi connectivity index (χ3v) is 2.63. The predicted molar refractivity (Wildman–Crippen MR) is 71.3 cm³/mol. The zero-order valence-corrected chi connectivity index (χ0v) is 11.0. The Labute approximate surface area is 112 Å². The van der Waals surface area contributed by atoms with E-state index in [1.165, 1.54) is 0 Å². The predicted octanol–water partition coefficient (Wildman–Crippen LogP) is 1.85. The number of ether oxygens (including phenoxy) is 2. The van der Waals surface area contributed by atoms with Crippen molar-refractivity contribution < 1.29 is 14.6 Å². The molecule has 5 nitrogen and oxygen atoms in total. The van der Waals surface area contributed by atoms with Crippen LogP contribution in [-0.2, 0) is 13.2 Å². The average molecular weight is 262 g/mol. The minimum atomic E-state index is -0.00631. The van der Waals surface area contributed by atoms with Crippen LogP contribution in [0.2, 0.25) is 0 Å². The average Bonchev–Trinajstić information content (AvgIpc) is 2.94. The van der Waals surface area contributed by atoms with E-state index >= 15 is 0 Å². The molecule has 2 rings (SSSR count). The first kappa shape index (κ1) is 13.4. The Kier molecular flexibility index (Phi) is 4.80. The van der Waals surface area contributed by atoms with Crippen molar-refractivity contribution in [3.05, 3.63) is 42.2 Å². The molecule has 0 radical (unpaired) electrons. The number of rotatable bonds is 7. The lowest BCUT2D eigenvalue weighted by Crippen LogP contribution is -2.09. The van der Waals surface area contributed by atoms with Crippen molar-refractivity contribution in [3.63, 3.8) is 0 Å². The summed E-state index contributed by atoms with van der Waals surface area (Å²) in [4.78, 5) is 0. The number of aliphatic hydroxyl groups excluding tert-OH is 1. The van der Waals surface area contributed by atoms with E-state index in [2.05, 4.69) is 5.10 Å². The molecule has 2 aromatic rings. The van der Waals surface area contributed by atoms with Crippen LogP contribution in [-0.4, -0.2) is 28.1 Å². The lowest BCUT2D eigenvalue weighted by atomic mass is 10.2. The van der Waals surface area contributed by atoms with Crippen LogP contribution in [0.15, 0.2) is 36.7 Å². The van der Waals surface area contributed by atoms with Crippen LogP contribution in [0.3, 0.4) is 0 Å². The van der Waals surface area contributed by atoms with E-state index < -0.39 is 0 Å². The van der Waals surface area contributed by atoms with Crippen molar-refractivity contribution >= 4 is 0 Å². The second-order valence-corrected chi connectivity index (χ2v) is 3.99. The number of benzene rings is 1. The molecule has 102 valence electrons. The zero-order chi connectivity index (χ0) is 13.5. The number of hydrogen-bond donors (Lipinski definition) is 1. The summed E-state index contributed by atoms with van der Waals surface area (Å²) in [6, 6.07) is 7.32. The van der Waals surface area contributed by atoms with Gasteiger partial charge in [-0.05, 0) is 30.7 Å². The molecule has 5 heteroatoms. The molecule has 0 amide bonds. The maximum Gasteiger partial charge on any atom is 0.161 e. The van der Waals surface area contributed by atoms with Crippen molar-refractivity contribution in [2.24, 2.45) is 0 Å². The van der Waals surface area contributed by atoms with E-state index in [4.69, 9.17) is 14.6 Å². The van der Waals surface area contributed by atoms with Gasteiger partial charge in [-0.15, -0.1) is 0 Å². The maximum absolute atomic E-state index is 9.11. The SMILES string of the molecule is CCOc1cc(CO)ccc1OCCn1cccn1. The number of hydrogen-bond acceptors (Lipinski definition) is 4. The molecular formula is C14H18N2O3. The fourth-order valence-electron chi connectivity index (χ4n) is 1.72. The van der Waals surface area contributed by atoms with Crippen molar-refractivity contribution in [2.75, 3.05) is 13.2 Å². The Balaban J connectivity index is 1.98. The van der Waals surface area contributed by atoms with Crippen molar-refractivity contribution in [3.8, 4) is 11.5 Å². The Morgan fingerprint density at radius 2 is 2.16 bits per heavy atom. The molecule has 0 bridgehead atoms. The summed E-state index contributed by atoms with van der Waals surface area (Å²) >= 11 is 0. The Morgan fingerprint density at radius 3 is 2.84 bits per heavy atom. The van der Waals surface area contributed by atoms with Gasteiger partial charge in [-0.3, -0.25) is 4.68 Å². The normalized spacial score (nSPS) is 10.4. The molecule has 0 aliphatic carbocycles. The monoisotopic (exact) mass is 262 g/mol. The van der Waals surface area contributed by atoms with E-state index in [1.54, 1.807) is 12.3 Å². The van der Waals surface area contributed by atoms with Crippen molar-refractivity contribution in [1.82, 2.24) is 9.78 Å². The molecule has 0 fully saturated rings. The molecule has 1 heterocycles. The fraction of sp³-hybridized carbons (Fsp3) is 0.357. The van der Waals surface area contributed by atoms with Crippen LogP contribution < -0.4 is 9.47 Å². The van der Waals surface area contributed by atoms with E-state index in [1.807, 2.05) is 36.0 Å². The van der Waals surface area contributed by atoms with Crippen LogP contribution in [0.25, 0.3) is 0 Å². The molecule has 0 aliphatic rings. The third kappa shape index (κ3) is 3.72. The highest BCUT2D eigenvalue weighted by atomic mass is 16.5.